The summed E-state index contributed by atoms with van der Waals surface area (Å²) in [5, 5.41) is 9.04. The third-order valence-corrected chi connectivity index (χ3v) is 4.36. The molecule has 0 aliphatic rings. The van der Waals surface area contributed by atoms with Crippen LogP contribution in [-0.4, -0.2) is 44.9 Å². The number of carbonyl (C=O) groups is 2. The molecule has 0 heterocycles. The highest BCUT2D eigenvalue weighted by Gasteiger charge is 2.17. The monoisotopic (exact) mass is 297 g/mol. The first-order valence-corrected chi connectivity index (χ1v) is 7.72. The Morgan fingerprint density at radius 1 is 1.25 bits per heavy atom. The van der Waals surface area contributed by atoms with Crippen molar-refractivity contribution in [3.63, 3.8) is 0 Å². The van der Waals surface area contributed by atoms with Crippen molar-refractivity contribution in [1.82, 2.24) is 4.90 Å². The lowest BCUT2D eigenvalue weighted by atomic mass is 10.1. The first-order chi connectivity index (χ1) is 9.40. The third kappa shape index (κ3) is 3.90. The fourth-order valence-electron chi connectivity index (χ4n) is 1.84. The van der Waals surface area contributed by atoms with Crippen molar-refractivity contribution in [3.05, 3.63) is 29.3 Å². The Morgan fingerprint density at radius 2 is 1.85 bits per heavy atom. The average Bonchev–Trinajstić information content (AvgIpc) is 2.40. The minimum atomic E-state index is -1.53. The summed E-state index contributed by atoms with van der Waals surface area (Å²) in [5.41, 5.74) is 0.722. The SMILES string of the molecule is CCN(CC)C(=O)CS(=O)c1ccc(C)c(C(=O)O)c1. The number of aromatic carboxylic acids is 1. The molecule has 6 heteroatoms. The van der Waals surface area contributed by atoms with Gasteiger partial charge in [-0.05, 0) is 38.5 Å². The van der Waals surface area contributed by atoms with Crippen LogP contribution in [0.3, 0.4) is 0 Å². The van der Waals surface area contributed by atoms with Crippen LogP contribution in [0.4, 0.5) is 0 Å². The maximum Gasteiger partial charge on any atom is 0.335 e. The normalized spacial score (nSPS) is 11.9. The molecule has 20 heavy (non-hydrogen) atoms. The molecule has 0 aromatic heterocycles. The largest absolute Gasteiger partial charge is 0.478 e. The van der Waals surface area contributed by atoms with Crippen molar-refractivity contribution in [2.45, 2.75) is 25.7 Å². The summed E-state index contributed by atoms with van der Waals surface area (Å²) in [6.45, 7) is 6.54. The lowest BCUT2D eigenvalue weighted by Gasteiger charge is -2.18. The molecule has 110 valence electrons. The molecular weight excluding hydrogens is 278 g/mol. The van der Waals surface area contributed by atoms with Gasteiger partial charge in [0.15, 0.2) is 0 Å². The zero-order chi connectivity index (χ0) is 15.3. The van der Waals surface area contributed by atoms with Gasteiger partial charge < -0.3 is 10.0 Å². The number of hydrogen-bond acceptors (Lipinski definition) is 3. The van der Waals surface area contributed by atoms with Crippen LogP contribution < -0.4 is 0 Å². The molecule has 0 saturated heterocycles. The molecule has 0 saturated carbocycles. The van der Waals surface area contributed by atoms with E-state index in [0.29, 0.717) is 23.5 Å². The molecule has 1 aromatic carbocycles. The van der Waals surface area contributed by atoms with Crippen LogP contribution in [0.5, 0.6) is 0 Å². The molecule has 0 fully saturated rings. The highest BCUT2D eigenvalue weighted by Crippen LogP contribution is 2.15. The van der Waals surface area contributed by atoms with Crippen molar-refractivity contribution in [1.29, 1.82) is 0 Å². The number of carboxylic acid groups (broad SMARTS) is 1. The first kappa shape index (κ1) is 16.4. The molecule has 1 amide bonds. The van der Waals surface area contributed by atoms with E-state index in [-0.39, 0.29) is 17.2 Å². The van der Waals surface area contributed by atoms with Gasteiger partial charge in [0.05, 0.1) is 16.4 Å². The van der Waals surface area contributed by atoms with Gasteiger partial charge in [-0.25, -0.2) is 4.79 Å². The molecule has 0 spiro atoms. The van der Waals surface area contributed by atoms with Crippen LogP contribution in [0.25, 0.3) is 0 Å². The van der Waals surface area contributed by atoms with Gasteiger partial charge in [-0.15, -0.1) is 0 Å². The van der Waals surface area contributed by atoms with E-state index in [4.69, 9.17) is 5.11 Å². The second-order valence-corrected chi connectivity index (χ2v) is 5.79. The van der Waals surface area contributed by atoms with Gasteiger partial charge in [0.1, 0.15) is 5.75 Å². The predicted octanol–water partition coefficient (Wildman–Crippen LogP) is 1.67. The van der Waals surface area contributed by atoms with Gasteiger partial charge in [-0.1, -0.05) is 6.07 Å². The minimum Gasteiger partial charge on any atom is -0.478 e. The second-order valence-electron chi connectivity index (χ2n) is 4.34. The lowest BCUT2D eigenvalue weighted by molar-refractivity contribution is -0.128. The molecule has 1 unspecified atom stereocenters. The Kier molecular flexibility index (Phi) is 5.88. The summed E-state index contributed by atoms with van der Waals surface area (Å²) >= 11 is 0. The van der Waals surface area contributed by atoms with Crippen molar-refractivity contribution in [3.8, 4) is 0 Å². The number of amides is 1. The van der Waals surface area contributed by atoms with Crippen molar-refractivity contribution in [2.75, 3.05) is 18.8 Å². The highest BCUT2D eigenvalue weighted by molar-refractivity contribution is 7.85. The molecule has 0 radical (unpaired) electrons. The molecule has 1 atom stereocenters. The van der Waals surface area contributed by atoms with E-state index in [1.807, 2.05) is 13.8 Å². The number of carbonyl (C=O) groups excluding carboxylic acids is 1. The average molecular weight is 297 g/mol. The zero-order valence-corrected chi connectivity index (χ0v) is 12.7. The topological polar surface area (TPSA) is 74.7 Å². The molecule has 0 aliphatic heterocycles. The summed E-state index contributed by atoms with van der Waals surface area (Å²) in [5.74, 6) is -1.37. The summed E-state index contributed by atoms with van der Waals surface area (Å²) in [4.78, 5) is 24.9. The fraction of sp³-hybridized carbons (Fsp3) is 0.429. The molecule has 1 rings (SSSR count). The minimum absolute atomic E-state index is 0.117. The smallest absolute Gasteiger partial charge is 0.335 e. The number of carboxylic acids is 1. The van der Waals surface area contributed by atoms with Crippen LogP contribution in [-0.2, 0) is 15.6 Å². The van der Waals surface area contributed by atoms with Crippen molar-refractivity contribution in [2.24, 2.45) is 0 Å². The van der Waals surface area contributed by atoms with Crippen LogP contribution in [0, 0.1) is 6.92 Å². The maximum absolute atomic E-state index is 12.1. The fourth-order valence-corrected chi connectivity index (χ4v) is 2.88. The number of rotatable bonds is 6. The van der Waals surface area contributed by atoms with E-state index in [1.165, 1.54) is 6.07 Å². The van der Waals surface area contributed by atoms with E-state index >= 15 is 0 Å². The van der Waals surface area contributed by atoms with Gasteiger partial charge in [-0.2, -0.15) is 0 Å². The van der Waals surface area contributed by atoms with Gasteiger partial charge in [0.25, 0.3) is 0 Å². The highest BCUT2D eigenvalue weighted by atomic mass is 32.2. The van der Waals surface area contributed by atoms with E-state index in [0.717, 1.165) is 0 Å². The van der Waals surface area contributed by atoms with E-state index in [1.54, 1.807) is 24.0 Å². The van der Waals surface area contributed by atoms with Gasteiger partial charge in [0.2, 0.25) is 5.91 Å². The van der Waals surface area contributed by atoms with Crippen LogP contribution in [0.15, 0.2) is 23.1 Å². The molecular formula is C14H19NO4S. The third-order valence-electron chi connectivity index (χ3n) is 3.07. The molecule has 1 aromatic rings. The molecule has 5 nitrogen and oxygen atoms in total. The van der Waals surface area contributed by atoms with E-state index in [2.05, 4.69) is 0 Å². The van der Waals surface area contributed by atoms with Crippen LogP contribution >= 0.6 is 0 Å². The molecule has 1 N–H and O–H groups in total. The number of hydrogen-bond donors (Lipinski definition) is 1. The zero-order valence-electron chi connectivity index (χ0n) is 11.9. The summed E-state index contributed by atoms with van der Waals surface area (Å²) in [7, 11) is -1.53. The van der Waals surface area contributed by atoms with Gasteiger partial charge in [-0.3, -0.25) is 9.00 Å². The maximum atomic E-state index is 12.1. The summed E-state index contributed by atoms with van der Waals surface area (Å²) < 4.78 is 12.1. The summed E-state index contributed by atoms with van der Waals surface area (Å²) in [6.07, 6.45) is 0. The van der Waals surface area contributed by atoms with Crippen LogP contribution in [0.1, 0.15) is 29.8 Å². The van der Waals surface area contributed by atoms with Crippen molar-refractivity contribution >= 4 is 22.7 Å². The second kappa shape index (κ2) is 7.19. The summed E-state index contributed by atoms with van der Waals surface area (Å²) in [6, 6.07) is 4.59. The van der Waals surface area contributed by atoms with Crippen molar-refractivity contribution < 1.29 is 18.9 Å². The van der Waals surface area contributed by atoms with E-state index in [9.17, 15) is 13.8 Å². The number of benzene rings is 1. The first-order valence-electron chi connectivity index (χ1n) is 6.40. The Hall–Kier alpha value is -1.69. The lowest BCUT2D eigenvalue weighted by Crippen LogP contribution is -2.34. The molecule has 0 bridgehead atoms. The molecule has 0 aliphatic carbocycles. The Balaban J connectivity index is 2.91. The number of nitrogens with zero attached hydrogens (tertiary/aromatic N) is 1. The Labute approximate surface area is 121 Å². The standard InChI is InChI=1S/C14H19NO4S/c1-4-15(5-2)13(16)9-20(19)11-7-6-10(3)12(8-11)14(17)18/h6-8H,4-5,9H2,1-3H3,(H,17,18). The quantitative estimate of drug-likeness (QED) is 0.866. The Bertz CT molecular complexity index is 538. The van der Waals surface area contributed by atoms with Crippen LogP contribution in [0.2, 0.25) is 0 Å². The van der Waals surface area contributed by atoms with E-state index < -0.39 is 16.8 Å². The number of aryl methyl sites for hydroxylation is 1. The Morgan fingerprint density at radius 3 is 2.35 bits per heavy atom. The van der Waals surface area contributed by atoms with Gasteiger partial charge in [0, 0.05) is 18.0 Å². The van der Waals surface area contributed by atoms with Gasteiger partial charge >= 0.3 is 5.97 Å². The predicted molar refractivity (Wildman–Crippen MR) is 77.3 cm³/mol.